The Morgan fingerprint density at radius 3 is 2.83 bits per heavy atom. The molecule has 1 rings (SSSR count). The van der Waals surface area contributed by atoms with Crippen molar-refractivity contribution < 1.29 is 4.39 Å². The molecule has 2 N–H and O–H groups in total. The lowest BCUT2D eigenvalue weighted by atomic mass is 10.1. The summed E-state index contributed by atoms with van der Waals surface area (Å²) in [4.78, 5) is 3.64. The van der Waals surface area contributed by atoms with Crippen LogP contribution >= 0.6 is 12.4 Å². The fourth-order valence-electron chi connectivity index (χ4n) is 0.916. The van der Waals surface area contributed by atoms with Crippen LogP contribution in [0.2, 0.25) is 0 Å². The van der Waals surface area contributed by atoms with Crippen LogP contribution in [0.1, 0.15) is 12.5 Å². The fraction of sp³-hybridized carbons (Fsp3) is 0.375. The Balaban J connectivity index is 0.00000121. The first kappa shape index (κ1) is 11.3. The van der Waals surface area contributed by atoms with Crippen molar-refractivity contribution in [1.82, 2.24) is 4.98 Å². The summed E-state index contributed by atoms with van der Waals surface area (Å²) in [6.07, 6.45) is 3.34. The Kier molecular flexibility index (Phi) is 4.78. The van der Waals surface area contributed by atoms with Crippen molar-refractivity contribution in [1.29, 1.82) is 0 Å². The molecule has 1 aromatic heterocycles. The molecular weight excluding hydrogens is 179 g/mol. The Hall–Kier alpha value is -0.670. The van der Waals surface area contributed by atoms with E-state index in [4.69, 9.17) is 5.73 Å². The van der Waals surface area contributed by atoms with Gasteiger partial charge >= 0.3 is 0 Å². The SMILES string of the molecule is CC(N)Cc1ccncc1F.Cl. The molecule has 4 heteroatoms. The van der Waals surface area contributed by atoms with Crippen molar-refractivity contribution in [3.8, 4) is 0 Å². The molecule has 1 unspecified atom stereocenters. The van der Waals surface area contributed by atoms with Gasteiger partial charge in [0.2, 0.25) is 0 Å². The lowest BCUT2D eigenvalue weighted by Gasteiger charge is -2.04. The quantitative estimate of drug-likeness (QED) is 0.769. The van der Waals surface area contributed by atoms with Crippen LogP contribution in [0.3, 0.4) is 0 Å². The molecule has 0 radical (unpaired) electrons. The highest BCUT2D eigenvalue weighted by molar-refractivity contribution is 5.85. The first-order chi connectivity index (χ1) is 5.20. The summed E-state index contributed by atoms with van der Waals surface area (Å²) in [6, 6.07) is 1.64. The molecule has 0 aliphatic rings. The van der Waals surface area contributed by atoms with E-state index in [9.17, 15) is 4.39 Å². The topological polar surface area (TPSA) is 38.9 Å². The van der Waals surface area contributed by atoms with Crippen molar-refractivity contribution in [3.63, 3.8) is 0 Å². The van der Waals surface area contributed by atoms with Gasteiger partial charge in [-0.25, -0.2) is 4.39 Å². The van der Waals surface area contributed by atoms with Crippen LogP contribution in [0.15, 0.2) is 18.5 Å². The second-order valence-electron chi connectivity index (χ2n) is 2.65. The molecule has 0 aliphatic heterocycles. The van der Waals surface area contributed by atoms with E-state index in [0.29, 0.717) is 12.0 Å². The monoisotopic (exact) mass is 190 g/mol. The first-order valence-electron chi connectivity index (χ1n) is 3.54. The van der Waals surface area contributed by atoms with Crippen LogP contribution < -0.4 is 5.73 Å². The average Bonchev–Trinajstić information content (AvgIpc) is 1.93. The van der Waals surface area contributed by atoms with Crippen molar-refractivity contribution in [2.24, 2.45) is 5.73 Å². The predicted molar refractivity (Wildman–Crippen MR) is 48.8 cm³/mol. The van der Waals surface area contributed by atoms with Crippen LogP contribution in [0.25, 0.3) is 0 Å². The van der Waals surface area contributed by atoms with Crippen LogP contribution in [0.4, 0.5) is 4.39 Å². The van der Waals surface area contributed by atoms with E-state index < -0.39 is 0 Å². The second-order valence-corrected chi connectivity index (χ2v) is 2.65. The highest BCUT2D eigenvalue weighted by Gasteiger charge is 2.02. The maximum atomic E-state index is 12.8. The number of hydrogen-bond donors (Lipinski definition) is 1. The summed E-state index contributed by atoms with van der Waals surface area (Å²) >= 11 is 0. The number of nitrogens with two attached hydrogens (primary N) is 1. The summed E-state index contributed by atoms with van der Waals surface area (Å²) < 4.78 is 12.8. The van der Waals surface area contributed by atoms with E-state index in [1.807, 2.05) is 6.92 Å². The number of rotatable bonds is 2. The van der Waals surface area contributed by atoms with Crippen LogP contribution in [0, 0.1) is 5.82 Å². The number of halogens is 2. The summed E-state index contributed by atoms with van der Waals surface area (Å²) in [5, 5.41) is 0. The van der Waals surface area contributed by atoms with E-state index >= 15 is 0 Å². The molecule has 1 aromatic rings. The molecule has 1 atom stereocenters. The van der Waals surface area contributed by atoms with Gasteiger partial charge in [-0.1, -0.05) is 0 Å². The summed E-state index contributed by atoms with van der Waals surface area (Å²) in [7, 11) is 0. The number of nitrogens with zero attached hydrogens (tertiary/aromatic N) is 1. The van der Waals surface area contributed by atoms with Gasteiger partial charge in [0.25, 0.3) is 0 Å². The molecule has 0 aromatic carbocycles. The minimum Gasteiger partial charge on any atom is -0.328 e. The van der Waals surface area contributed by atoms with Crippen molar-refractivity contribution in [2.75, 3.05) is 0 Å². The summed E-state index contributed by atoms with van der Waals surface area (Å²) in [5.74, 6) is -0.273. The molecule has 12 heavy (non-hydrogen) atoms. The van der Waals surface area contributed by atoms with Crippen LogP contribution in [-0.2, 0) is 6.42 Å². The minimum absolute atomic E-state index is 0. The molecule has 0 fully saturated rings. The van der Waals surface area contributed by atoms with Gasteiger partial charge in [0, 0.05) is 12.2 Å². The van der Waals surface area contributed by atoms with Crippen molar-refractivity contribution in [3.05, 3.63) is 29.8 Å². The van der Waals surface area contributed by atoms with Crippen molar-refractivity contribution >= 4 is 12.4 Å². The zero-order valence-corrected chi connectivity index (χ0v) is 7.64. The van der Waals surface area contributed by atoms with Gasteiger partial charge in [-0.05, 0) is 25.0 Å². The van der Waals surface area contributed by atoms with E-state index in [0.717, 1.165) is 0 Å². The van der Waals surface area contributed by atoms with E-state index in [2.05, 4.69) is 4.98 Å². The van der Waals surface area contributed by atoms with Gasteiger partial charge in [0.15, 0.2) is 0 Å². The van der Waals surface area contributed by atoms with E-state index in [1.165, 1.54) is 6.20 Å². The maximum absolute atomic E-state index is 12.8. The van der Waals surface area contributed by atoms with Gasteiger partial charge < -0.3 is 5.73 Å². The highest BCUT2D eigenvalue weighted by atomic mass is 35.5. The Morgan fingerprint density at radius 2 is 2.33 bits per heavy atom. The smallest absolute Gasteiger partial charge is 0.144 e. The molecule has 68 valence electrons. The first-order valence-corrected chi connectivity index (χ1v) is 3.54. The average molecular weight is 191 g/mol. The van der Waals surface area contributed by atoms with Gasteiger partial charge in [0.1, 0.15) is 5.82 Å². The van der Waals surface area contributed by atoms with Crippen LogP contribution in [-0.4, -0.2) is 11.0 Å². The van der Waals surface area contributed by atoms with E-state index in [1.54, 1.807) is 12.3 Å². The number of aromatic nitrogens is 1. The largest absolute Gasteiger partial charge is 0.328 e. The maximum Gasteiger partial charge on any atom is 0.144 e. The highest BCUT2D eigenvalue weighted by Crippen LogP contribution is 2.05. The lowest BCUT2D eigenvalue weighted by molar-refractivity contribution is 0.590. The van der Waals surface area contributed by atoms with Gasteiger partial charge in [-0.2, -0.15) is 0 Å². The molecule has 0 saturated heterocycles. The lowest BCUT2D eigenvalue weighted by Crippen LogP contribution is -2.18. The molecule has 0 saturated carbocycles. The van der Waals surface area contributed by atoms with Gasteiger partial charge in [0.05, 0.1) is 6.20 Å². The van der Waals surface area contributed by atoms with Crippen LogP contribution in [0.5, 0.6) is 0 Å². The standard InChI is InChI=1S/C8H11FN2.ClH/c1-6(10)4-7-2-3-11-5-8(7)9;/h2-3,5-6H,4,10H2,1H3;1H. The summed E-state index contributed by atoms with van der Waals surface area (Å²) in [5.41, 5.74) is 6.14. The fourth-order valence-corrected chi connectivity index (χ4v) is 0.916. The molecule has 0 amide bonds. The number of pyridine rings is 1. The summed E-state index contributed by atoms with van der Waals surface area (Å²) in [6.45, 7) is 1.85. The normalized spacial score (nSPS) is 11.9. The van der Waals surface area contributed by atoms with Gasteiger partial charge in [-0.15, -0.1) is 12.4 Å². The third kappa shape index (κ3) is 3.15. The Morgan fingerprint density at radius 1 is 1.67 bits per heavy atom. The Labute approximate surface area is 77.4 Å². The predicted octanol–water partition coefficient (Wildman–Crippen LogP) is 1.53. The molecule has 1 heterocycles. The molecule has 0 spiro atoms. The molecule has 2 nitrogen and oxygen atoms in total. The zero-order chi connectivity index (χ0) is 8.27. The molecule has 0 aliphatic carbocycles. The van der Waals surface area contributed by atoms with E-state index in [-0.39, 0.29) is 24.3 Å². The second kappa shape index (κ2) is 5.06. The third-order valence-electron chi connectivity index (χ3n) is 1.40. The molecular formula is C8H12ClFN2. The van der Waals surface area contributed by atoms with Gasteiger partial charge in [-0.3, -0.25) is 4.98 Å². The van der Waals surface area contributed by atoms with Crippen molar-refractivity contribution in [2.45, 2.75) is 19.4 Å². The minimum atomic E-state index is -0.273. The third-order valence-corrected chi connectivity index (χ3v) is 1.40. The zero-order valence-electron chi connectivity index (χ0n) is 6.83. The number of hydrogen-bond acceptors (Lipinski definition) is 2. The Bertz CT molecular complexity index is 240. The molecule has 0 bridgehead atoms.